The van der Waals surface area contributed by atoms with Crippen LogP contribution in [-0.2, 0) is 26.2 Å². The van der Waals surface area contributed by atoms with Crippen molar-refractivity contribution in [3.8, 4) is 11.5 Å². The monoisotopic (exact) mass is 553 g/mol. The van der Waals surface area contributed by atoms with E-state index in [1.165, 1.54) is 44.4 Å². The molecule has 0 fully saturated rings. The van der Waals surface area contributed by atoms with Crippen molar-refractivity contribution in [2.75, 3.05) is 32.1 Å². The number of rotatable bonds is 11. The number of likely N-dealkylation sites (N-methyl/N-ethyl adjacent to an activating group) is 1. The molecule has 0 aliphatic carbocycles. The lowest BCUT2D eigenvalue weighted by molar-refractivity contribution is -0.139. The lowest BCUT2D eigenvalue weighted by Crippen LogP contribution is -2.50. The summed E-state index contributed by atoms with van der Waals surface area (Å²) in [7, 11) is 0.133. The van der Waals surface area contributed by atoms with Gasteiger partial charge in [-0.2, -0.15) is 0 Å². The van der Waals surface area contributed by atoms with Crippen molar-refractivity contribution in [3.05, 3.63) is 83.4 Å². The molecule has 0 aromatic heterocycles. The van der Waals surface area contributed by atoms with E-state index in [4.69, 9.17) is 9.47 Å². The van der Waals surface area contributed by atoms with Gasteiger partial charge in [-0.1, -0.05) is 47.5 Å². The Bertz CT molecular complexity index is 1420. The van der Waals surface area contributed by atoms with Crippen LogP contribution in [0.5, 0.6) is 11.5 Å². The van der Waals surface area contributed by atoms with Gasteiger partial charge in [0.15, 0.2) is 11.5 Å². The number of methoxy groups -OCH3 is 2. The van der Waals surface area contributed by atoms with E-state index in [0.29, 0.717) is 11.4 Å². The Hall–Kier alpha value is -4.05. The van der Waals surface area contributed by atoms with Crippen molar-refractivity contribution < 1.29 is 27.5 Å². The highest BCUT2D eigenvalue weighted by Crippen LogP contribution is 2.32. The molecule has 39 heavy (non-hydrogen) atoms. The second kappa shape index (κ2) is 12.7. The molecule has 1 atom stereocenters. The molecule has 0 aliphatic rings. The standard InChI is InChI=1S/C29H35N3O6S/c1-20-10-12-24(13-11-20)32(39(35,36)25-14-15-26(37-5)27(17-25)38-6)19-28(33)31(22(3)29(34)30-4)18-23-9-7-8-21(2)16-23/h7-17,22H,18-19H2,1-6H3,(H,30,34)/t22-/m0/s1. The number of hydrogen-bond acceptors (Lipinski definition) is 6. The number of hydrogen-bond donors (Lipinski definition) is 1. The normalized spacial score (nSPS) is 11.8. The molecular formula is C29H35N3O6S. The summed E-state index contributed by atoms with van der Waals surface area (Å²) in [5.41, 5.74) is 3.07. The molecule has 0 unspecified atom stereocenters. The van der Waals surface area contributed by atoms with Crippen molar-refractivity contribution in [2.45, 2.75) is 38.3 Å². The minimum Gasteiger partial charge on any atom is -0.493 e. The third-order valence-corrected chi connectivity index (χ3v) is 8.16. The quantitative estimate of drug-likeness (QED) is 0.389. The minimum absolute atomic E-state index is 0.0712. The Morgan fingerprint density at radius 1 is 0.897 bits per heavy atom. The van der Waals surface area contributed by atoms with Gasteiger partial charge in [0, 0.05) is 19.7 Å². The minimum atomic E-state index is -4.23. The van der Waals surface area contributed by atoms with Gasteiger partial charge < -0.3 is 19.7 Å². The molecule has 1 N–H and O–H groups in total. The van der Waals surface area contributed by atoms with Gasteiger partial charge >= 0.3 is 0 Å². The van der Waals surface area contributed by atoms with Gasteiger partial charge in [0.25, 0.3) is 10.0 Å². The number of benzene rings is 3. The maximum absolute atomic E-state index is 14.0. The Morgan fingerprint density at radius 2 is 1.56 bits per heavy atom. The summed E-state index contributed by atoms with van der Waals surface area (Å²) in [4.78, 5) is 27.8. The number of carbonyl (C=O) groups is 2. The Labute approximate surface area is 230 Å². The molecule has 9 nitrogen and oxygen atoms in total. The second-order valence-corrected chi connectivity index (χ2v) is 11.0. The third-order valence-electron chi connectivity index (χ3n) is 6.39. The topological polar surface area (TPSA) is 105 Å². The largest absolute Gasteiger partial charge is 0.493 e. The van der Waals surface area contributed by atoms with Crippen LogP contribution in [0.4, 0.5) is 5.69 Å². The first-order valence-corrected chi connectivity index (χ1v) is 13.8. The fourth-order valence-electron chi connectivity index (χ4n) is 4.14. The molecule has 0 bridgehead atoms. The van der Waals surface area contributed by atoms with Gasteiger partial charge in [-0.15, -0.1) is 0 Å². The molecule has 2 amide bonds. The summed E-state index contributed by atoms with van der Waals surface area (Å²) in [6.07, 6.45) is 0. The molecule has 0 aliphatic heterocycles. The number of sulfonamides is 1. The van der Waals surface area contributed by atoms with Crippen LogP contribution < -0.4 is 19.1 Å². The van der Waals surface area contributed by atoms with E-state index in [0.717, 1.165) is 21.0 Å². The number of ether oxygens (including phenoxy) is 2. The van der Waals surface area contributed by atoms with Crippen LogP contribution in [-0.4, -0.2) is 59.0 Å². The van der Waals surface area contributed by atoms with Crippen LogP contribution in [0.25, 0.3) is 0 Å². The fourth-order valence-corrected chi connectivity index (χ4v) is 5.57. The number of nitrogens with one attached hydrogen (secondary N) is 1. The molecule has 3 aromatic carbocycles. The first-order valence-electron chi connectivity index (χ1n) is 12.4. The maximum Gasteiger partial charge on any atom is 0.264 e. The number of aryl methyl sites for hydroxylation is 2. The molecular weight excluding hydrogens is 518 g/mol. The second-order valence-electron chi connectivity index (χ2n) is 9.16. The molecule has 208 valence electrons. The average Bonchev–Trinajstić information content (AvgIpc) is 2.93. The molecule has 0 spiro atoms. The maximum atomic E-state index is 14.0. The molecule has 10 heteroatoms. The first-order chi connectivity index (χ1) is 18.5. The number of carbonyl (C=O) groups excluding carboxylic acids is 2. The van der Waals surface area contributed by atoms with Gasteiger partial charge in [0.2, 0.25) is 11.8 Å². The molecule has 0 radical (unpaired) electrons. The summed E-state index contributed by atoms with van der Waals surface area (Å²) >= 11 is 0. The highest BCUT2D eigenvalue weighted by molar-refractivity contribution is 7.92. The predicted molar refractivity (Wildman–Crippen MR) is 151 cm³/mol. The summed E-state index contributed by atoms with van der Waals surface area (Å²) in [5, 5.41) is 2.58. The van der Waals surface area contributed by atoms with E-state index in [-0.39, 0.29) is 23.1 Å². The van der Waals surface area contributed by atoms with Gasteiger partial charge in [-0.3, -0.25) is 13.9 Å². The first kappa shape index (κ1) is 29.5. The number of amides is 2. The van der Waals surface area contributed by atoms with Crippen molar-refractivity contribution in [1.29, 1.82) is 0 Å². The van der Waals surface area contributed by atoms with Crippen molar-refractivity contribution in [3.63, 3.8) is 0 Å². The van der Waals surface area contributed by atoms with Crippen LogP contribution in [0.2, 0.25) is 0 Å². The Balaban J connectivity index is 2.07. The number of anilines is 1. The fraction of sp³-hybridized carbons (Fsp3) is 0.310. The van der Waals surface area contributed by atoms with Gasteiger partial charge in [-0.25, -0.2) is 8.42 Å². The van der Waals surface area contributed by atoms with E-state index >= 15 is 0 Å². The zero-order chi connectivity index (χ0) is 28.7. The molecule has 0 saturated carbocycles. The Morgan fingerprint density at radius 3 is 2.15 bits per heavy atom. The van der Waals surface area contributed by atoms with Crippen molar-refractivity contribution in [2.24, 2.45) is 0 Å². The molecule has 0 saturated heterocycles. The van der Waals surface area contributed by atoms with E-state index in [1.54, 1.807) is 31.2 Å². The zero-order valence-electron chi connectivity index (χ0n) is 23.1. The van der Waals surface area contributed by atoms with E-state index in [2.05, 4.69) is 5.32 Å². The SMILES string of the molecule is CNC(=O)[C@H](C)N(Cc1cccc(C)c1)C(=O)CN(c1ccc(C)cc1)S(=O)(=O)c1ccc(OC)c(OC)c1. The number of nitrogens with zero attached hydrogens (tertiary/aromatic N) is 2. The van der Waals surface area contributed by atoms with Crippen molar-refractivity contribution >= 4 is 27.5 Å². The third kappa shape index (κ3) is 6.88. The summed E-state index contributed by atoms with van der Waals surface area (Å²) in [6.45, 7) is 5.05. The predicted octanol–water partition coefficient (Wildman–Crippen LogP) is 3.68. The smallest absolute Gasteiger partial charge is 0.264 e. The zero-order valence-corrected chi connectivity index (χ0v) is 23.9. The van der Waals surface area contributed by atoms with Gasteiger partial charge in [0.1, 0.15) is 12.6 Å². The molecule has 0 heterocycles. The Kier molecular flexibility index (Phi) is 9.58. The van der Waals surface area contributed by atoms with Crippen LogP contribution in [0.15, 0.2) is 71.6 Å². The van der Waals surface area contributed by atoms with E-state index < -0.39 is 28.5 Å². The lowest BCUT2D eigenvalue weighted by Gasteiger charge is -2.32. The van der Waals surface area contributed by atoms with Gasteiger partial charge in [0.05, 0.1) is 24.8 Å². The van der Waals surface area contributed by atoms with Gasteiger partial charge in [-0.05, 0) is 50.6 Å². The van der Waals surface area contributed by atoms with Crippen LogP contribution in [0.3, 0.4) is 0 Å². The average molecular weight is 554 g/mol. The summed E-state index contributed by atoms with van der Waals surface area (Å²) in [5.74, 6) is -0.279. The summed E-state index contributed by atoms with van der Waals surface area (Å²) < 4.78 is 39.6. The highest BCUT2D eigenvalue weighted by atomic mass is 32.2. The highest BCUT2D eigenvalue weighted by Gasteiger charge is 2.32. The lowest BCUT2D eigenvalue weighted by atomic mass is 10.1. The van der Waals surface area contributed by atoms with E-state index in [1.807, 2.05) is 38.1 Å². The van der Waals surface area contributed by atoms with Crippen LogP contribution >= 0.6 is 0 Å². The van der Waals surface area contributed by atoms with Crippen LogP contribution in [0, 0.1) is 13.8 Å². The van der Waals surface area contributed by atoms with Crippen LogP contribution in [0.1, 0.15) is 23.6 Å². The molecule has 3 rings (SSSR count). The van der Waals surface area contributed by atoms with E-state index in [9.17, 15) is 18.0 Å². The summed E-state index contributed by atoms with van der Waals surface area (Å²) in [6, 6.07) is 17.9. The molecule has 3 aromatic rings. The van der Waals surface area contributed by atoms with Crippen molar-refractivity contribution in [1.82, 2.24) is 10.2 Å².